The van der Waals surface area contributed by atoms with Crippen molar-refractivity contribution in [2.75, 3.05) is 4.72 Å². The van der Waals surface area contributed by atoms with Crippen LogP contribution in [0.3, 0.4) is 0 Å². The third-order valence-electron chi connectivity index (χ3n) is 2.47. The molecule has 0 spiro atoms. The lowest BCUT2D eigenvalue weighted by Gasteiger charge is -2.08. The predicted molar refractivity (Wildman–Crippen MR) is 78.7 cm³/mol. The van der Waals surface area contributed by atoms with Gasteiger partial charge in [-0.25, -0.2) is 8.42 Å². The molecule has 2 aromatic rings. The standard InChI is InChI=1S/C11H8BrN3O5S/c12-7-1-3-9(10(5-7)15(17)18)14-21(19,20)8-2-4-11(16)13-6-8/h1-6,14H,(H,13,16). The highest BCUT2D eigenvalue weighted by atomic mass is 79.9. The van der Waals surface area contributed by atoms with Gasteiger partial charge in [0, 0.05) is 22.8 Å². The van der Waals surface area contributed by atoms with Crippen molar-refractivity contribution in [2.45, 2.75) is 4.90 Å². The number of H-pyrrole nitrogens is 1. The lowest BCUT2D eigenvalue weighted by atomic mass is 10.3. The molecule has 0 amide bonds. The summed E-state index contributed by atoms with van der Waals surface area (Å²) in [5, 5.41) is 10.9. The molecule has 8 nitrogen and oxygen atoms in total. The Morgan fingerprint density at radius 1 is 1.24 bits per heavy atom. The third kappa shape index (κ3) is 3.47. The van der Waals surface area contributed by atoms with Crippen molar-refractivity contribution in [3.05, 3.63) is 61.5 Å². The molecule has 0 bridgehead atoms. The average Bonchev–Trinajstić information content (AvgIpc) is 2.41. The molecule has 10 heteroatoms. The average molecular weight is 374 g/mol. The molecule has 0 aliphatic carbocycles. The van der Waals surface area contributed by atoms with E-state index >= 15 is 0 Å². The fourth-order valence-corrected chi connectivity index (χ4v) is 2.90. The zero-order valence-corrected chi connectivity index (χ0v) is 12.6. The minimum absolute atomic E-state index is 0.172. The van der Waals surface area contributed by atoms with Crippen LogP contribution in [-0.2, 0) is 10.0 Å². The molecule has 1 aromatic carbocycles. The zero-order chi connectivity index (χ0) is 15.6. The summed E-state index contributed by atoms with van der Waals surface area (Å²) >= 11 is 3.08. The maximum Gasteiger partial charge on any atom is 0.294 e. The SMILES string of the molecule is O=c1ccc(S(=O)(=O)Nc2ccc(Br)cc2[N+](=O)[O-])c[nH]1. The van der Waals surface area contributed by atoms with Crippen molar-refractivity contribution in [3.8, 4) is 0 Å². The van der Waals surface area contributed by atoms with E-state index in [0.717, 1.165) is 18.3 Å². The van der Waals surface area contributed by atoms with E-state index < -0.39 is 26.2 Å². The van der Waals surface area contributed by atoms with Crippen LogP contribution in [0, 0.1) is 10.1 Å². The Labute approximate surface area is 127 Å². The van der Waals surface area contributed by atoms with Gasteiger partial charge in [-0.05, 0) is 18.2 Å². The Morgan fingerprint density at radius 3 is 2.52 bits per heavy atom. The number of pyridine rings is 1. The van der Waals surface area contributed by atoms with Gasteiger partial charge >= 0.3 is 0 Å². The number of hydrogen-bond donors (Lipinski definition) is 2. The summed E-state index contributed by atoms with van der Waals surface area (Å²) in [7, 11) is -4.04. The minimum Gasteiger partial charge on any atom is -0.328 e. The second-order valence-corrected chi connectivity index (χ2v) is 6.51. The number of aromatic nitrogens is 1. The molecule has 0 aliphatic heterocycles. The molecule has 0 atom stereocenters. The van der Waals surface area contributed by atoms with Crippen LogP contribution in [-0.4, -0.2) is 18.3 Å². The maximum absolute atomic E-state index is 12.1. The number of nitro groups is 1. The molecule has 0 radical (unpaired) electrons. The van der Waals surface area contributed by atoms with Gasteiger partial charge in [0.15, 0.2) is 0 Å². The Hall–Kier alpha value is -2.20. The summed E-state index contributed by atoms with van der Waals surface area (Å²) in [6.45, 7) is 0. The van der Waals surface area contributed by atoms with Crippen molar-refractivity contribution in [2.24, 2.45) is 0 Å². The molecular formula is C11H8BrN3O5S. The first-order valence-corrected chi connectivity index (χ1v) is 7.73. The van der Waals surface area contributed by atoms with Crippen LogP contribution in [0.5, 0.6) is 0 Å². The normalized spacial score (nSPS) is 11.1. The highest BCUT2D eigenvalue weighted by molar-refractivity contribution is 9.10. The van der Waals surface area contributed by atoms with Crippen molar-refractivity contribution in [1.82, 2.24) is 4.98 Å². The number of aromatic amines is 1. The van der Waals surface area contributed by atoms with Crippen LogP contribution in [0.2, 0.25) is 0 Å². The summed E-state index contributed by atoms with van der Waals surface area (Å²) in [5.41, 5.74) is -1.02. The molecule has 110 valence electrons. The van der Waals surface area contributed by atoms with Gasteiger partial charge in [0.05, 0.1) is 4.92 Å². The third-order valence-corrected chi connectivity index (χ3v) is 4.32. The largest absolute Gasteiger partial charge is 0.328 e. The lowest BCUT2D eigenvalue weighted by Crippen LogP contribution is -2.16. The molecule has 21 heavy (non-hydrogen) atoms. The second-order valence-electron chi connectivity index (χ2n) is 3.91. The Balaban J connectivity index is 2.44. The number of hydrogen-bond acceptors (Lipinski definition) is 5. The van der Waals surface area contributed by atoms with Crippen LogP contribution in [0.15, 0.2) is 50.7 Å². The number of sulfonamides is 1. The molecule has 0 saturated carbocycles. The molecule has 1 heterocycles. The Morgan fingerprint density at radius 2 is 1.95 bits per heavy atom. The van der Waals surface area contributed by atoms with Crippen LogP contribution in [0.25, 0.3) is 0 Å². The van der Waals surface area contributed by atoms with E-state index in [2.05, 4.69) is 25.6 Å². The van der Waals surface area contributed by atoms with Gasteiger partial charge in [-0.3, -0.25) is 19.6 Å². The first kappa shape index (κ1) is 15.2. The summed E-state index contributed by atoms with van der Waals surface area (Å²) in [6, 6.07) is 6.07. The van der Waals surface area contributed by atoms with Gasteiger partial charge in [-0.2, -0.15) is 0 Å². The van der Waals surface area contributed by atoms with Gasteiger partial charge in [-0.1, -0.05) is 15.9 Å². The number of benzene rings is 1. The first-order chi connectivity index (χ1) is 9.79. The molecule has 0 unspecified atom stereocenters. The topological polar surface area (TPSA) is 122 Å². The van der Waals surface area contributed by atoms with Crippen molar-refractivity contribution >= 4 is 37.3 Å². The number of halogens is 1. The number of nitrogens with one attached hydrogen (secondary N) is 2. The minimum atomic E-state index is -4.04. The number of nitrogens with zero attached hydrogens (tertiary/aromatic N) is 1. The molecule has 2 N–H and O–H groups in total. The summed E-state index contributed by atoms with van der Waals surface area (Å²) in [4.78, 5) is 23.2. The molecular weight excluding hydrogens is 366 g/mol. The van der Waals surface area contributed by atoms with E-state index in [1.165, 1.54) is 18.2 Å². The summed E-state index contributed by atoms with van der Waals surface area (Å²) in [6.07, 6.45) is 1.01. The zero-order valence-electron chi connectivity index (χ0n) is 10.2. The monoisotopic (exact) mass is 373 g/mol. The first-order valence-electron chi connectivity index (χ1n) is 5.45. The maximum atomic E-state index is 12.1. The number of nitro benzene ring substituents is 1. The fraction of sp³-hybridized carbons (Fsp3) is 0. The number of anilines is 1. The highest BCUT2D eigenvalue weighted by Crippen LogP contribution is 2.29. The van der Waals surface area contributed by atoms with E-state index in [1.54, 1.807) is 0 Å². The highest BCUT2D eigenvalue weighted by Gasteiger charge is 2.21. The van der Waals surface area contributed by atoms with Crippen molar-refractivity contribution in [3.63, 3.8) is 0 Å². The van der Waals surface area contributed by atoms with Crippen LogP contribution < -0.4 is 10.3 Å². The van der Waals surface area contributed by atoms with Crippen LogP contribution in [0.4, 0.5) is 11.4 Å². The van der Waals surface area contributed by atoms with Gasteiger partial charge < -0.3 is 4.98 Å². The summed E-state index contributed by atoms with van der Waals surface area (Å²) < 4.78 is 26.8. The smallest absolute Gasteiger partial charge is 0.294 e. The van der Waals surface area contributed by atoms with Gasteiger partial charge in [0.25, 0.3) is 15.7 Å². The quantitative estimate of drug-likeness (QED) is 0.625. The van der Waals surface area contributed by atoms with Crippen molar-refractivity contribution < 1.29 is 13.3 Å². The Bertz CT molecular complexity index is 842. The lowest BCUT2D eigenvalue weighted by molar-refractivity contribution is -0.384. The van der Waals surface area contributed by atoms with E-state index in [1.807, 2.05) is 0 Å². The summed E-state index contributed by atoms with van der Waals surface area (Å²) in [5.74, 6) is 0. The van der Waals surface area contributed by atoms with Gasteiger partial charge in [0.2, 0.25) is 5.56 Å². The molecule has 0 aliphatic rings. The van der Waals surface area contributed by atoms with E-state index in [4.69, 9.17) is 0 Å². The molecule has 0 fully saturated rings. The van der Waals surface area contributed by atoms with Gasteiger partial charge in [0.1, 0.15) is 10.6 Å². The molecule has 0 saturated heterocycles. The van der Waals surface area contributed by atoms with Crippen molar-refractivity contribution in [1.29, 1.82) is 0 Å². The number of rotatable bonds is 4. The Kier molecular flexibility index (Phi) is 4.09. The molecule has 1 aromatic heterocycles. The predicted octanol–water partition coefficient (Wildman–Crippen LogP) is 1.85. The van der Waals surface area contributed by atoms with E-state index in [0.29, 0.717) is 4.47 Å². The van der Waals surface area contributed by atoms with Crippen LogP contribution in [0.1, 0.15) is 0 Å². The van der Waals surface area contributed by atoms with Gasteiger partial charge in [-0.15, -0.1) is 0 Å². The van der Waals surface area contributed by atoms with E-state index in [9.17, 15) is 23.3 Å². The second kappa shape index (κ2) is 5.66. The fourth-order valence-electron chi connectivity index (χ4n) is 1.51. The van der Waals surface area contributed by atoms with Crippen LogP contribution >= 0.6 is 15.9 Å². The van der Waals surface area contributed by atoms with E-state index in [-0.39, 0.29) is 10.6 Å². The molecule has 2 rings (SSSR count).